The van der Waals surface area contributed by atoms with Gasteiger partial charge in [-0.15, -0.1) is 0 Å². The minimum Gasteiger partial charge on any atom is -0.480 e. The van der Waals surface area contributed by atoms with Gasteiger partial charge in [-0.1, -0.05) is 73.5 Å². The number of carbonyl (C=O) groups is 1. The highest BCUT2D eigenvalue weighted by Gasteiger charge is 2.31. The third-order valence-electron chi connectivity index (χ3n) is 4.19. The van der Waals surface area contributed by atoms with Crippen molar-refractivity contribution in [2.45, 2.75) is 43.1 Å². The molecule has 5 heteroatoms. The largest absolute Gasteiger partial charge is 0.480 e. The molecule has 25 heavy (non-hydrogen) atoms. The first-order valence-electron chi connectivity index (χ1n) is 8.51. The summed E-state index contributed by atoms with van der Waals surface area (Å²) in [7, 11) is -3.71. The third-order valence-corrected chi connectivity index (χ3v) is 6.23. The summed E-state index contributed by atoms with van der Waals surface area (Å²) in [6.07, 6.45) is 3.43. The molecule has 0 radical (unpaired) electrons. The molecule has 0 aromatic heterocycles. The van der Waals surface area contributed by atoms with Crippen LogP contribution in [0.3, 0.4) is 0 Å². The fourth-order valence-electron chi connectivity index (χ4n) is 2.84. The van der Waals surface area contributed by atoms with E-state index >= 15 is 0 Å². The Kier molecular flexibility index (Phi) is 7.19. The summed E-state index contributed by atoms with van der Waals surface area (Å²) in [5.74, 6) is -1.48. The van der Waals surface area contributed by atoms with Crippen LogP contribution in [0, 0.1) is 0 Å². The van der Waals surface area contributed by atoms with E-state index in [-0.39, 0.29) is 12.2 Å². The summed E-state index contributed by atoms with van der Waals surface area (Å²) < 4.78 is 24.9. The number of carboxylic acid groups (broad SMARTS) is 1. The van der Waals surface area contributed by atoms with Crippen LogP contribution in [-0.4, -0.2) is 24.7 Å². The second-order valence-electron chi connectivity index (χ2n) is 6.20. The van der Waals surface area contributed by atoms with Crippen LogP contribution in [-0.2, 0) is 26.8 Å². The molecule has 1 atom stereocenters. The molecule has 1 N–H and O–H groups in total. The highest BCUT2D eigenvalue weighted by atomic mass is 32.2. The van der Waals surface area contributed by atoms with Crippen molar-refractivity contribution in [2.24, 2.45) is 0 Å². The van der Waals surface area contributed by atoms with Gasteiger partial charge < -0.3 is 5.11 Å². The minimum atomic E-state index is -3.71. The number of aliphatic carboxylic acids is 1. The topological polar surface area (TPSA) is 71.4 Å². The molecule has 134 valence electrons. The first-order valence-corrected chi connectivity index (χ1v) is 10.2. The van der Waals surface area contributed by atoms with Gasteiger partial charge in [-0.2, -0.15) is 0 Å². The zero-order chi connectivity index (χ0) is 18.1. The summed E-state index contributed by atoms with van der Waals surface area (Å²) in [4.78, 5) is 11.4. The van der Waals surface area contributed by atoms with Gasteiger partial charge in [-0.3, -0.25) is 4.79 Å². The van der Waals surface area contributed by atoms with E-state index in [0.717, 1.165) is 19.3 Å². The standard InChI is InChI=1S/C20H24O4S/c21-20(22)19(25(23,24)16-18-13-7-2-8-14-18)15-9-3-6-12-17-10-4-1-5-11-17/h1-2,4-5,7-8,10-11,13-14,19H,3,6,9,12,15-16H2,(H,21,22). The van der Waals surface area contributed by atoms with Gasteiger partial charge in [0.05, 0.1) is 5.75 Å². The SMILES string of the molecule is O=C(O)C(CCCCCc1ccccc1)S(=O)(=O)Cc1ccccc1. The summed E-state index contributed by atoms with van der Waals surface area (Å²) in [6.45, 7) is 0. The molecule has 2 rings (SSSR count). The van der Waals surface area contributed by atoms with Gasteiger partial charge in [-0.25, -0.2) is 8.42 Å². The monoisotopic (exact) mass is 360 g/mol. The smallest absolute Gasteiger partial charge is 0.321 e. The Hall–Kier alpha value is -2.14. The molecule has 0 amide bonds. The molecule has 4 nitrogen and oxygen atoms in total. The molecule has 0 aliphatic heterocycles. The Balaban J connectivity index is 1.84. The molecule has 0 saturated heterocycles. The van der Waals surface area contributed by atoms with Crippen LogP contribution >= 0.6 is 0 Å². The molecule has 2 aromatic rings. The molecular formula is C20H24O4S. The van der Waals surface area contributed by atoms with Crippen molar-refractivity contribution in [2.75, 3.05) is 0 Å². The van der Waals surface area contributed by atoms with Crippen molar-refractivity contribution in [1.29, 1.82) is 0 Å². The lowest BCUT2D eigenvalue weighted by molar-refractivity contribution is -0.136. The van der Waals surface area contributed by atoms with Crippen LogP contribution in [0.25, 0.3) is 0 Å². The lowest BCUT2D eigenvalue weighted by Crippen LogP contribution is -2.31. The molecule has 0 bridgehead atoms. The lowest BCUT2D eigenvalue weighted by Gasteiger charge is -2.13. The van der Waals surface area contributed by atoms with Crippen LogP contribution in [0.1, 0.15) is 36.8 Å². The third kappa shape index (κ3) is 6.35. The number of carboxylic acids is 1. The van der Waals surface area contributed by atoms with Gasteiger partial charge >= 0.3 is 5.97 Å². The maximum Gasteiger partial charge on any atom is 0.321 e. The fourth-order valence-corrected chi connectivity index (χ4v) is 4.54. The van der Waals surface area contributed by atoms with Crippen LogP contribution < -0.4 is 0 Å². The fraction of sp³-hybridized carbons (Fsp3) is 0.350. The molecule has 0 heterocycles. The quantitative estimate of drug-likeness (QED) is 0.653. The van der Waals surface area contributed by atoms with E-state index in [9.17, 15) is 18.3 Å². The van der Waals surface area contributed by atoms with Gasteiger partial charge in [0, 0.05) is 0 Å². The minimum absolute atomic E-state index is 0.166. The molecule has 0 saturated carbocycles. The molecule has 0 fully saturated rings. The van der Waals surface area contributed by atoms with E-state index in [0.29, 0.717) is 12.0 Å². The molecule has 1 unspecified atom stereocenters. The van der Waals surface area contributed by atoms with Crippen molar-refractivity contribution in [3.63, 3.8) is 0 Å². The lowest BCUT2D eigenvalue weighted by atomic mass is 10.1. The van der Waals surface area contributed by atoms with E-state index in [1.165, 1.54) is 5.56 Å². The number of rotatable bonds is 10. The van der Waals surface area contributed by atoms with Gasteiger partial charge in [0.2, 0.25) is 0 Å². The summed E-state index contributed by atoms with van der Waals surface area (Å²) in [5.41, 5.74) is 1.87. The van der Waals surface area contributed by atoms with Crippen LogP contribution in [0.15, 0.2) is 60.7 Å². The average molecular weight is 360 g/mol. The van der Waals surface area contributed by atoms with Gasteiger partial charge in [0.25, 0.3) is 0 Å². The van der Waals surface area contributed by atoms with E-state index in [2.05, 4.69) is 12.1 Å². The Morgan fingerprint density at radius 3 is 1.96 bits per heavy atom. The van der Waals surface area contributed by atoms with Crippen molar-refractivity contribution in [3.8, 4) is 0 Å². The van der Waals surface area contributed by atoms with Crippen LogP contribution in [0.5, 0.6) is 0 Å². The van der Waals surface area contributed by atoms with E-state index in [1.807, 2.05) is 18.2 Å². The summed E-state index contributed by atoms with van der Waals surface area (Å²) >= 11 is 0. The van der Waals surface area contributed by atoms with E-state index in [1.54, 1.807) is 30.3 Å². The average Bonchev–Trinajstić information content (AvgIpc) is 2.59. The maximum atomic E-state index is 12.4. The number of hydrogen-bond acceptors (Lipinski definition) is 3. The van der Waals surface area contributed by atoms with Crippen molar-refractivity contribution >= 4 is 15.8 Å². The molecule has 2 aromatic carbocycles. The second-order valence-corrected chi connectivity index (χ2v) is 8.39. The number of hydrogen-bond donors (Lipinski definition) is 1. The van der Waals surface area contributed by atoms with Crippen molar-refractivity contribution in [3.05, 3.63) is 71.8 Å². The van der Waals surface area contributed by atoms with E-state index < -0.39 is 21.1 Å². The normalized spacial score (nSPS) is 12.6. The Labute approximate surface area is 149 Å². The molecular weight excluding hydrogens is 336 g/mol. The number of unbranched alkanes of at least 4 members (excludes halogenated alkanes) is 2. The van der Waals surface area contributed by atoms with E-state index in [4.69, 9.17) is 0 Å². The molecule has 0 aliphatic rings. The van der Waals surface area contributed by atoms with Crippen LogP contribution in [0.2, 0.25) is 0 Å². The number of benzene rings is 2. The predicted octanol–water partition coefficient (Wildman–Crippen LogP) is 3.86. The zero-order valence-corrected chi connectivity index (χ0v) is 15.0. The van der Waals surface area contributed by atoms with Crippen LogP contribution in [0.4, 0.5) is 0 Å². The first kappa shape index (κ1) is 19.2. The number of aryl methyl sites for hydroxylation is 1. The number of sulfone groups is 1. The molecule has 0 spiro atoms. The Morgan fingerprint density at radius 1 is 0.840 bits per heavy atom. The predicted molar refractivity (Wildman–Crippen MR) is 99.1 cm³/mol. The summed E-state index contributed by atoms with van der Waals surface area (Å²) in [5, 5.41) is 8.01. The van der Waals surface area contributed by atoms with Gasteiger partial charge in [0.1, 0.15) is 0 Å². The van der Waals surface area contributed by atoms with Gasteiger partial charge in [-0.05, 0) is 30.4 Å². The van der Waals surface area contributed by atoms with Crippen molar-refractivity contribution < 1.29 is 18.3 Å². The maximum absolute atomic E-state index is 12.4. The highest BCUT2D eigenvalue weighted by Crippen LogP contribution is 2.18. The molecule has 0 aliphatic carbocycles. The second kappa shape index (κ2) is 9.37. The Bertz CT molecular complexity index is 755. The highest BCUT2D eigenvalue weighted by molar-refractivity contribution is 7.92. The Morgan fingerprint density at radius 2 is 1.40 bits per heavy atom. The zero-order valence-electron chi connectivity index (χ0n) is 14.2. The summed E-state index contributed by atoms with van der Waals surface area (Å²) in [6, 6.07) is 18.8. The first-order chi connectivity index (χ1) is 12.0. The van der Waals surface area contributed by atoms with Crippen molar-refractivity contribution in [1.82, 2.24) is 0 Å². The van der Waals surface area contributed by atoms with Gasteiger partial charge in [0.15, 0.2) is 15.1 Å².